The van der Waals surface area contributed by atoms with E-state index in [1.165, 1.54) is 6.26 Å². The van der Waals surface area contributed by atoms with Crippen LogP contribution in [0.1, 0.15) is 11.1 Å². The molecule has 0 unspecified atom stereocenters. The van der Waals surface area contributed by atoms with Crippen LogP contribution in [0.4, 0.5) is 0 Å². The lowest BCUT2D eigenvalue weighted by atomic mass is 10.2. The zero-order valence-electron chi connectivity index (χ0n) is 11.4. The summed E-state index contributed by atoms with van der Waals surface area (Å²) >= 11 is 12.2. The van der Waals surface area contributed by atoms with E-state index in [1.54, 1.807) is 42.5 Å². The Morgan fingerprint density at radius 3 is 2.05 bits per heavy atom. The number of benzene rings is 2. The van der Waals surface area contributed by atoms with Crippen LogP contribution in [0.3, 0.4) is 0 Å². The van der Waals surface area contributed by atoms with E-state index < -0.39 is 9.84 Å². The highest BCUT2D eigenvalue weighted by Crippen LogP contribution is 2.24. The maximum Gasteiger partial charge on any atom is 0.175 e. The van der Waals surface area contributed by atoms with Crippen molar-refractivity contribution in [2.24, 2.45) is 0 Å². The molecular formula is C15H15Cl2NO2S. The monoisotopic (exact) mass is 343 g/mol. The number of hydrogen-bond acceptors (Lipinski definition) is 3. The van der Waals surface area contributed by atoms with Crippen molar-refractivity contribution in [3.63, 3.8) is 0 Å². The minimum atomic E-state index is -3.15. The third kappa shape index (κ3) is 4.45. The molecule has 0 bridgehead atoms. The van der Waals surface area contributed by atoms with Crippen LogP contribution in [-0.2, 0) is 22.9 Å². The van der Waals surface area contributed by atoms with Crippen LogP contribution in [0.15, 0.2) is 47.4 Å². The molecule has 1 N–H and O–H groups in total. The predicted octanol–water partition coefficient (Wildman–Crippen LogP) is 3.69. The number of sulfone groups is 1. The lowest BCUT2D eigenvalue weighted by molar-refractivity contribution is 0.602. The first kappa shape index (κ1) is 16.3. The van der Waals surface area contributed by atoms with Gasteiger partial charge in [0.25, 0.3) is 0 Å². The Bertz CT molecular complexity index is 708. The van der Waals surface area contributed by atoms with Crippen LogP contribution in [0.5, 0.6) is 0 Å². The van der Waals surface area contributed by atoms with Gasteiger partial charge < -0.3 is 5.32 Å². The molecule has 0 amide bonds. The third-order valence-electron chi connectivity index (χ3n) is 3.04. The average Bonchev–Trinajstić information content (AvgIpc) is 2.42. The number of nitrogens with one attached hydrogen (secondary N) is 1. The third-order valence-corrected chi connectivity index (χ3v) is 4.88. The molecule has 21 heavy (non-hydrogen) atoms. The molecule has 6 heteroatoms. The van der Waals surface area contributed by atoms with E-state index in [9.17, 15) is 8.42 Å². The molecule has 2 aromatic rings. The Balaban J connectivity index is 1.98. The summed E-state index contributed by atoms with van der Waals surface area (Å²) in [6, 6.07) is 12.2. The van der Waals surface area contributed by atoms with Crippen LogP contribution in [0, 0.1) is 0 Å². The minimum absolute atomic E-state index is 0.320. The highest BCUT2D eigenvalue weighted by molar-refractivity contribution is 7.90. The largest absolute Gasteiger partial charge is 0.309 e. The van der Waals surface area contributed by atoms with Crippen LogP contribution >= 0.6 is 23.2 Å². The van der Waals surface area contributed by atoms with Crippen molar-refractivity contribution in [3.8, 4) is 0 Å². The topological polar surface area (TPSA) is 46.2 Å². The fraction of sp³-hybridized carbons (Fsp3) is 0.200. The Morgan fingerprint density at radius 2 is 1.52 bits per heavy atom. The molecule has 0 aromatic heterocycles. The van der Waals surface area contributed by atoms with Crippen molar-refractivity contribution in [1.82, 2.24) is 5.32 Å². The zero-order chi connectivity index (χ0) is 15.5. The molecule has 0 aliphatic rings. The smallest absolute Gasteiger partial charge is 0.175 e. The summed E-state index contributed by atoms with van der Waals surface area (Å²) in [6.07, 6.45) is 1.19. The second-order valence-corrected chi connectivity index (χ2v) is 7.55. The fourth-order valence-electron chi connectivity index (χ4n) is 1.89. The summed E-state index contributed by atoms with van der Waals surface area (Å²) in [5, 5.41) is 4.49. The second-order valence-electron chi connectivity index (χ2n) is 4.72. The first-order valence-corrected chi connectivity index (χ1v) is 8.95. The molecule has 0 aliphatic heterocycles. The SMILES string of the molecule is CS(=O)(=O)c1ccc(CNCc2c(Cl)cccc2Cl)cc1. The molecule has 0 radical (unpaired) electrons. The summed E-state index contributed by atoms with van der Waals surface area (Å²) in [7, 11) is -3.15. The van der Waals surface area contributed by atoms with E-state index in [2.05, 4.69) is 5.32 Å². The highest BCUT2D eigenvalue weighted by Gasteiger charge is 2.07. The highest BCUT2D eigenvalue weighted by atomic mass is 35.5. The summed E-state index contributed by atoms with van der Waals surface area (Å²) in [5.41, 5.74) is 1.85. The van der Waals surface area contributed by atoms with Crippen molar-refractivity contribution in [3.05, 3.63) is 63.6 Å². The molecule has 0 heterocycles. The zero-order valence-corrected chi connectivity index (χ0v) is 13.8. The molecule has 0 aliphatic carbocycles. The Labute approximate surface area is 134 Å². The van der Waals surface area contributed by atoms with Crippen LogP contribution in [0.25, 0.3) is 0 Å². The second kappa shape index (κ2) is 6.79. The number of hydrogen-bond donors (Lipinski definition) is 1. The lowest BCUT2D eigenvalue weighted by Crippen LogP contribution is -2.13. The molecule has 0 atom stereocenters. The van der Waals surface area contributed by atoms with Gasteiger partial charge in [-0.2, -0.15) is 0 Å². The Hall–Kier alpha value is -1.07. The van der Waals surface area contributed by atoms with E-state index in [4.69, 9.17) is 23.2 Å². The van der Waals surface area contributed by atoms with E-state index >= 15 is 0 Å². The van der Waals surface area contributed by atoms with Gasteiger partial charge in [0.1, 0.15) is 0 Å². The van der Waals surface area contributed by atoms with E-state index in [1.807, 2.05) is 0 Å². The quantitative estimate of drug-likeness (QED) is 0.900. The van der Waals surface area contributed by atoms with Crippen LogP contribution in [-0.4, -0.2) is 14.7 Å². The predicted molar refractivity (Wildman–Crippen MR) is 86.6 cm³/mol. The normalized spacial score (nSPS) is 11.6. The molecule has 112 valence electrons. The van der Waals surface area contributed by atoms with Crippen molar-refractivity contribution in [2.75, 3.05) is 6.26 Å². The summed E-state index contributed by atoms with van der Waals surface area (Å²) in [6.45, 7) is 1.15. The maximum atomic E-state index is 11.4. The molecule has 3 nitrogen and oxygen atoms in total. The molecule has 2 rings (SSSR count). The fourth-order valence-corrected chi connectivity index (χ4v) is 3.05. The number of halogens is 2. The standard InChI is InChI=1S/C15H15Cl2NO2S/c1-21(19,20)12-7-5-11(6-8-12)9-18-10-13-14(16)3-2-4-15(13)17/h2-8,18H,9-10H2,1H3. The van der Waals surface area contributed by atoms with Gasteiger partial charge in [-0.05, 0) is 29.8 Å². The molecule has 0 fully saturated rings. The molecule has 0 saturated heterocycles. The van der Waals surface area contributed by atoms with Gasteiger partial charge in [0, 0.05) is 35.0 Å². The van der Waals surface area contributed by atoms with Crippen molar-refractivity contribution in [1.29, 1.82) is 0 Å². The molecule has 2 aromatic carbocycles. The average molecular weight is 344 g/mol. The van der Waals surface area contributed by atoms with Gasteiger partial charge >= 0.3 is 0 Å². The summed E-state index contributed by atoms with van der Waals surface area (Å²) in [5.74, 6) is 0. The molecule has 0 saturated carbocycles. The van der Waals surface area contributed by atoms with Gasteiger partial charge in [-0.25, -0.2) is 8.42 Å². The van der Waals surface area contributed by atoms with E-state index in [0.717, 1.165) is 11.1 Å². The van der Waals surface area contributed by atoms with Gasteiger partial charge in [0.05, 0.1) is 4.90 Å². The van der Waals surface area contributed by atoms with Crippen molar-refractivity contribution in [2.45, 2.75) is 18.0 Å². The van der Waals surface area contributed by atoms with Crippen molar-refractivity contribution >= 4 is 33.0 Å². The first-order valence-electron chi connectivity index (χ1n) is 6.30. The minimum Gasteiger partial charge on any atom is -0.309 e. The molecular weight excluding hydrogens is 329 g/mol. The van der Waals surface area contributed by atoms with Crippen molar-refractivity contribution < 1.29 is 8.42 Å². The maximum absolute atomic E-state index is 11.4. The summed E-state index contributed by atoms with van der Waals surface area (Å²) in [4.78, 5) is 0.320. The van der Waals surface area contributed by atoms with Gasteiger partial charge in [-0.3, -0.25) is 0 Å². The molecule has 0 spiro atoms. The Morgan fingerprint density at radius 1 is 0.952 bits per heavy atom. The van der Waals surface area contributed by atoms with Crippen LogP contribution in [0.2, 0.25) is 10.0 Å². The van der Waals surface area contributed by atoms with E-state index in [-0.39, 0.29) is 0 Å². The first-order chi connectivity index (χ1) is 9.88. The van der Waals surface area contributed by atoms with Gasteiger partial charge in [-0.15, -0.1) is 0 Å². The Kier molecular flexibility index (Phi) is 5.27. The number of rotatable bonds is 5. The summed E-state index contributed by atoms with van der Waals surface area (Å²) < 4.78 is 22.7. The van der Waals surface area contributed by atoms with Crippen LogP contribution < -0.4 is 5.32 Å². The lowest BCUT2D eigenvalue weighted by Gasteiger charge is -2.09. The van der Waals surface area contributed by atoms with Gasteiger partial charge in [0.15, 0.2) is 9.84 Å². The van der Waals surface area contributed by atoms with Gasteiger partial charge in [-0.1, -0.05) is 41.4 Å². The van der Waals surface area contributed by atoms with E-state index in [0.29, 0.717) is 28.0 Å². The van der Waals surface area contributed by atoms with Gasteiger partial charge in [0.2, 0.25) is 0 Å².